The average Bonchev–Trinajstić information content (AvgIpc) is 2.82. The number of aromatic amines is 1. The second kappa shape index (κ2) is 9.85. The Hall–Kier alpha value is -3.93. The Bertz CT molecular complexity index is 1380. The first kappa shape index (κ1) is 26.1. The Balaban J connectivity index is 1.82. The van der Waals surface area contributed by atoms with E-state index in [-0.39, 0.29) is 29.0 Å². The van der Waals surface area contributed by atoms with E-state index < -0.39 is 34.6 Å². The Kier molecular flexibility index (Phi) is 6.96. The van der Waals surface area contributed by atoms with Gasteiger partial charge in [-0.3, -0.25) is 19.5 Å². The van der Waals surface area contributed by atoms with Crippen LogP contribution in [0.3, 0.4) is 0 Å². The molecule has 0 aliphatic carbocycles. The number of carbonyl (C=O) groups is 1. The molecule has 0 bridgehead atoms. The fourth-order valence-electron chi connectivity index (χ4n) is 4.44. The van der Waals surface area contributed by atoms with E-state index in [2.05, 4.69) is 20.2 Å². The van der Waals surface area contributed by atoms with Crippen molar-refractivity contribution in [3.63, 3.8) is 0 Å². The smallest absolute Gasteiger partial charge is 0.397 e. The highest BCUT2D eigenvalue weighted by Gasteiger charge is 2.36. The van der Waals surface area contributed by atoms with Crippen molar-refractivity contribution in [3.05, 3.63) is 70.2 Å². The number of nitrogens with zero attached hydrogens (tertiary/aromatic N) is 3. The highest BCUT2D eigenvalue weighted by Crippen LogP contribution is 2.37. The Labute approximate surface area is 210 Å². The molecular weight excluding hydrogens is 492 g/mol. The molecule has 196 valence electrons. The monoisotopic (exact) mass is 518 g/mol. The van der Waals surface area contributed by atoms with Gasteiger partial charge in [0.25, 0.3) is 5.91 Å². The van der Waals surface area contributed by atoms with E-state index in [0.29, 0.717) is 36.6 Å². The molecule has 1 aromatic carbocycles. The van der Waals surface area contributed by atoms with Gasteiger partial charge in [0.15, 0.2) is 0 Å². The van der Waals surface area contributed by atoms with Crippen LogP contribution in [0.4, 0.5) is 34.6 Å². The molecule has 0 spiro atoms. The zero-order valence-corrected chi connectivity index (χ0v) is 20.4. The van der Waals surface area contributed by atoms with Crippen molar-refractivity contribution in [1.29, 1.82) is 0 Å². The number of hydrogen-bond donors (Lipinski definition) is 3. The highest BCUT2D eigenvalue weighted by molar-refractivity contribution is 6.07. The molecule has 3 heterocycles. The Morgan fingerprint density at radius 3 is 2.43 bits per heavy atom. The van der Waals surface area contributed by atoms with Gasteiger partial charge in [0.2, 0.25) is 5.56 Å². The van der Waals surface area contributed by atoms with Gasteiger partial charge in [0, 0.05) is 61.0 Å². The largest absolute Gasteiger partial charge is 0.417 e. The summed E-state index contributed by atoms with van der Waals surface area (Å²) < 4.78 is 56.1. The molecular formula is C25H26F4N6O2. The summed E-state index contributed by atoms with van der Waals surface area (Å²) in [6.45, 7) is 4.99. The molecule has 1 aliphatic rings. The third-order valence-electron chi connectivity index (χ3n) is 6.58. The van der Waals surface area contributed by atoms with Crippen molar-refractivity contribution in [1.82, 2.24) is 14.9 Å². The zero-order valence-electron chi connectivity index (χ0n) is 20.4. The van der Waals surface area contributed by atoms with Crippen LogP contribution in [0.5, 0.6) is 0 Å². The minimum absolute atomic E-state index is 0.0617. The normalized spacial score (nSPS) is 18.6. The summed E-state index contributed by atoms with van der Waals surface area (Å²) in [5.74, 6) is -1.72. The summed E-state index contributed by atoms with van der Waals surface area (Å²) in [6.07, 6.45) is -1.44. The maximum atomic E-state index is 15.4. The summed E-state index contributed by atoms with van der Waals surface area (Å²) >= 11 is 0. The summed E-state index contributed by atoms with van der Waals surface area (Å²) in [7, 11) is 1.97. The number of hydrogen-bond acceptors (Lipinski definition) is 6. The lowest BCUT2D eigenvalue weighted by atomic mass is 10.0. The van der Waals surface area contributed by atoms with Crippen LogP contribution >= 0.6 is 0 Å². The van der Waals surface area contributed by atoms with Crippen LogP contribution in [0.2, 0.25) is 0 Å². The van der Waals surface area contributed by atoms with Crippen LogP contribution in [0.1, 0.15) is 29.8 Å². The fraction of sp³-hybridized carbons (Fsp3) is 0.320. The third-order valence-corrected chi connectivity index (χ3v) is 6.58. The minimum atomic E-state index is -4.94. The molecule has 4 rings (SSSR count). The lowest BCUT2D eigenvalue weighted by Crippen LogP contribution is -2.55. The molecule has 3 aromatic rings. The quantitative estimate of drug-likeness (QED) is 0.452. The molecule has 4 N–H and O–H groups in total. The first-order chi connectivity index (χ1) is 17.3. The van der Waals surface area contributed by atoms with Gasteiger partial charge in [-0.1, -0.05) is 0 Å². The molecule has 0 unspecified atom stereocenters. The second-order valence-corrected chi connectivity index (χ2v) is 9.20. The number of anilines is 3. The number of amides is 1. The van der Waals surface area contributed by atoms with Crippen molar-refractivity contribution in [2.75, 3.05) is 36.1 Å². The van der Waals surface area contributed by atoms with Gasteiger partial charge in [-0.2, -0.15) is 13.2 Å². The molecule has 0 radical (unpaired) electrons. The zero-order chi connectivity index (χ0) is 27.1. The standard InChI is InChI=1S/C25H26F4N6O2/c1-13-11-35(12-14(2)34(13)3)22-7-20(26)17(15-4-16(30)9-31-8-15)5-21(22)33-24(37)18-10-32-23(36)6-19(18)25(27,28)29/h4-10,13-14H,11-12,30H2,1-3H3,(H,32,36)(H,33,37)/t13-,14+. The Morgan fingerprint density at radius 2 is 1.81 bits per heavy atom. The van der Waals surface area contributed by atoms with Gasteiger partial charge in [-0.15, -0.1) is 0 Å². The average molecular weight is 519 g/mol. The van der Waals surface area contributed by atoms with Gasteiger partial charge < -0.3 is 20.9 Å². The fourth-order valence-corrected chi connectivity index (χ4v) is 4.44. The van der Waals surface area contributed by atoms with Crippen LogP contribution in [-0.4, -0.2) is 53.0 Å². The maximum Gasteiger partial charge on any atom is 0.417 e. The number of benzene rings is 1. The SMILES string of the molecule is C[C@@H]1CN(c2cc(F)c(-c3cncc(N)c3)cc2NC(=O)c2c[nH]c(=O)cc2C(F)(F)F)C[C@H](C)N1C. The lowest BCUT2D eigenvalue weighted by Gasteiger charge is -2.44. The second-order valence-electron chi connectivity index (χ2n) is 9.20. The topological polar surface area (TPSA) is 107 Å². The van der Waals surface area contributed by atoms with E-state index in [0.717, 1.165) is 0 Å². The molecule has 0 saturated carbocycles. The van der Waals surface area contributed by atoms with Crippen LogP contribution < -0.4 is 21.5 Å². The van der Waals surface area contributed by atoms with Gasteiger partial charge in [0.1, 0.15) is 5.82 Å². The number of alkyl halides is 3. The number of nitrogens with two attached hydrogens (primary N) is 1. The predicted octanol–water partition coefficient (Wildman–Crippen LogP) is 3.96. The first-order valence-corrected chi connectivity index (χ1v) is 11.5. The van der Waals surface area contributed by atoms with E-state index in [1.807, 2.05) is 25.8 Å². The summed E-state index contributed by atoms with van der Waals surface area (Å²) in [5, 5.41) is 2.51. The number of halogens is 4. The third kappa shape index (κ3) is 5.43. The van der Waals surface area contributed by atoms with Crippen molar-refractivity contribution in [2.24, 2.45) is 0 Å². The minimum Gasteiger partial charge on any atom is -0.397 e. The molecule has 8 nitrogen and oxygen atoms in total. The van der Waals surface area contributed by atoms with E-state index in [1.54, 1.807) is 0 Å². The maximum absolute atomic E-state index is 15.4. The summed E-state index contributed by atoms with van der Waals surface area (Å²) in [6, 6.07) is 4.60. The molecule has 1 fully saturated rings. The van der Waals surface area contributed by atoms with Crippen molar-refractivity contribution < 1.29 is 22.4 Å². The summed E-state index contributed by atoms with van der Waals surface area (Å²) in [4.78, 5) is 34.8. The van der Waals surface area contributed by atoms with E-state index in [9.17, 15) is 22.8 Å². The van der Waals surface area contributed by atoms with E-state index in [1.165, 1.54) is 30.6 Å². The van der Waals surface area contributed by atoms with Crippen LogP contribution in [0, 0.1) is 5.82 Å². The number of nitrogens with one attached hydrogen (secondary N) is 2. The number of rotatable bonds is 4. The molecule has 2 atom stereocenters. The molecule has 1 saturated heterocycles. The van der Waals surface area contributed by atoms with Crippen molar-refractivity contribution in [2.45, 2.75) is 32.1 Å². The number of carbonyl (C=O) groups excluding carboxylic acids is 1. The van der Waals surface area contributed by atoms with Crippen molar-refractivity contribution in [3.8, 4) is 11.1 Å². The number of aromatic nitrogens is 2. The summed E-state index contributed by atoms with van der Waals surface area (Å²) in [5.41, 5.74) is 3.76. The van der Waals surface area contributed by atoms with Crippen LogP contribution in [-0.2, 0) is 6.18 Å². The number of nitrogen functional groups attached to an aromatic ring is 1. The van der Waals surface area contributed by atoms with E-state index in [4.69, 9.17) is 5.73 Å². The van der Waals surface area contributed by atoms with Gasteiger partial charge in [-0.25, -0.2) is 4.39 Å². The van der Waals surface area contributed by atoms with Crippen molar-refractivity contribution >= 4 is 23.0 Å². The highest BCUT2D eigenvalue weighted by atomic mass is 19.4. The number of piperazine rings is 1. The van der Waals surface area contributed by atoms with Gasteiger partial charge in [0.05, 0.1) is 28.2 Å². The lowest BCUT2D eigenvalue weighted by molar-refractivity contribution is -0.138. The predicted molar refractivity (Wildman–Crippen MR) is 133 cm³/mol. The van der Waals surface area contributed by atoms with Gasteiger partial charge >= 0.3 is 6.18 Å². The molecule has 1 aliphatic heterocycles. The number of pyridine rings is 2. The number of H-pyrrole nitrogens is 1. The number of likely N-dealkylation sites (N-methyl/N-ethyl adjacent to an activating group) is 1. The first-order valence-electron chi connectivity index (χ1n) is 11.5. The molecule has 1 amide bonds. The Morgan fingerprint density at radius 1 is 1.14 bits per heavy atom. The van der Waals surface area contributed by atoms with Crippen LogP contribution in [0.25, 0.3) is 11.1 Å². The molecule has 37 heavy (non-hydrogen) atoms. The van der Waals surface area contributed by atoms with Crippen LogP contribution in [0.15, 0.2) is 47.7 Å². The van der Waals surface area contributed by atoms with E-state index >= 15 is 4.39 Å². The molecule has 2 aromatic heterocycles. The molecule has 12 heteroatoms. The van der Waals surface area contributed by atoms with Gasteiger partial charge in [-0.05, 0) is 39.1 Å².